The number of carbonyl (C=O) groups excluding carboxylic acids is 2. The summed E-state index contributed by atoms with van der Waals surface area (Å²) in [6, 6.07) is 3.82. The fourth-order valence-electron chi connectivity index (χ4n) is 3.95. The molecule has 0 radical (unpaired) electrons. The molecule has 6 nitrogen and oxygen atoms in total. The summed E-state index contributed by atoms with van der Waals surface area (Å²) in [4.78, 5) is 26.6. The smallest absolute Gasteiger partial charge is 0.271 e. The standard InChI is InChI=1S/C17H20ClN3O3S/c1-9-7-20(8-15(22)19-10-5-17(2,24)6-10)16(23)12-3-13-11(21(9)12)4-14(18)25-13/h3-4,9-10,24H,5-8H2,1-2H3,(H,19,22)/t9-,10-,17+/m1/s1. The van der Waals surface area contributed by atoms with Crippen molar-refractivity contribution in [2.45, 2.75) is 44.4 Å². The first kappa shape index (κ1) is 16.9. The molecule has 1 fully saturated rings. The Morgan fingerprint density at radius 2 is 2.20 bits per heavy atom. The van der Waals surface area contributed by atoms with Gasteiger partial charge in [0.15, 0.2) is 0 Å². The van der Waals surface area contributed by atoms with Crippen LogP contribution in [0.25, 0.3) is 10.2 Å². The number of thiophene rings is 1. The van der Waals surface area contributed by atoms with Crippen molar-refractivity contribution in [1.29, 1.82) is 0 Å². The topological polar surface area (TPSA) is 74.6 Å². The van der Waals surface area contributed by atoms with Gasteiger partial charge >= 0.3 is 0 Å². The maximum atomic E-state index is 12.8. The molecule has 1 aliphatic carbocycles. The lowest BCUT2D eigenvalue weighted by Crippen LogP contribution is -2.55. The number of aromatic nitrogens is 1. The molecule has 1 aliphatic heterocycles. The molecule has 2 aliphatic rings. The van der Waals surface area contributed by atoms with Crippen molar-refractivity contribution in [3.05, 3.63) is 22.2 Å². The number of nitrogens with zero attached hydrogens (tertiary/aromatic N) is 2. The van der Waals surface area contributed by atoms with E-state index in [4.69, 9.17) is 11.6 Å². The highest BCUT2D eigenvalue weighted by Gasteiger charge is 2.39. The number of nitrogens with one attached hydrogen (secondary N) is 1. The van der Waals surface area contributed by atoms with Crippen molar-refractivity contribution >= 4 is 45.0 Å². The highest BCUT2D eigenvalue weighted by molar-refractivity contribution is 7.22. The van der Waals surface area contributed by atoms with E-state index in [0.717, 1.165) is 10.2 Å². The Balaban J connectivity index is 1.48. The maximum absolute atomic E-state index is 12.8. The highest BCUT2D eigenvalue weighted by atomic mass is 35.5. The molecular formula is C17H20ClN3O3S. The average molecular weight is 382 g/mol. The zero-order valence-corrected chi connectivity index (χ0v) is 15.7. The summed E-state index contributed by atoms with van der Waals surface area (Å²) in [5.41, 5.74) is 0.907. The van der Waals surface area contributed by atoms with Crippen LogP contribution < -0.4 is 5.32 Å². The fraction of sp³-hybridized carbons (Fsp3) is 0.529. The second kappa shape index (κ2) is 5.72. The van der Waals surface area contributed by atoms with Crippen LogP contribution in [0.4, 0.5) is 0 Å². The van der Waals surface area contributed by atoms with Crippen molar-refractivity contribution in [2.75, 3.05) is 13.1 Å². The molecule has 134 valence electrons. The van der Waals surface area contributed by atoms with Crippen LogP contribution in [0.1, 0.15) is 43.2 Å². The van der Waals surface area contributed by atoms with Crippen LogP contribution in [0.5, 0.6) is 0 Å². The van der Waals surface area contributed by atoms with E-state index in [1.807, 2.05) is 23.6 Å². The van der Waals surface area contributed by atoms with Crippen molar-refractivity contribution in [1.82, 2.24) is 14.8 Å². The summed E-state index contributed by atoms with van der Waals surface area (Å²) < 4.78 is 3.71. The summed E-state index contributed by atoms with van der Waals surface area (Å²) in [6.45, 7) is 4.33. The van der Waals surface area contributed by atoms with Crippen molar-refractivity contribution < 1.29 is 14.7 Å². The van der Waals surface area contributed by atoms with E-state index in [0.29, 0.717) is 29.4 Å². The van der Waals surface area contributed by atoms with Gasteiger partial charge in [0.25, 0.3) is 5.91 Å². The number of carbonyl (C=O) groups is 2. The zero-order valence-electron chi connectivity index (χ0n) is 14.1. The molecule has 0 spiro atoms. The molecule has 3 heterocycles. The molecule has 0 bridgehead atoms. The quantitative estimate of drug-likeness (QED) is 0.857. The summed E-state index contributed by atoms with van der Waals surface area (Å²) in [7, 11) is 0. The minimum absolute atomic E-state index is 0.00356. The third-order valence-electron chi connectivity index (χ3n) is 5.00. The number of hydrogen-bond acceptors (Lipinski definition) is 4. The number of halogens is 1. The van der Waals surface area contributed by atoms with Gasteiger partial charge < -0.3 is 19.9 Å². The molecule has 2 amide bonds. The van der Waals surface area contributed by atoms with Crippen LogP contribution in [0.15, 0.2) is 12.1 Å². The van der Waals surface area contributed by atoms with Crippen molar-refractivity contribution in [2.24, 2.45) is 0 Å². The van der Waals surface area contributed by atoms with Crippen LogP contribution in [-0.4, -0.2) is 51.1 Å². The van der Waals surface area contributed by atoms with Gasteiger partial charge in [-0.2, -0.15) is 0 Å². The van der Waals surface area contributed by atoms with Gasteiger partial charge in [-0.3, -0.25) is 9.59 Å². The lowest BCUT2D eigenvalue weighted by Gasteiger charge is -2.41. The van der Waals surface area contributed by atoms with Crippen molar-refractivity contribution in [3.8, 4) is 0 Å². The van der Waals surface area contributed by atoms with Crippen LogP contribution in [-0.2, 0) is 4.79 Å². The van der Waals surface area contributed by atoms with Crippen LogP contribution >= 0.6 is 22.9 Å². The Hall–Kier alpha value is -1.57. The second-order valence-corrected chi connectivity index (χ2v) is 9.12. The molecule has 4 rings (SSSR count). The zero-order chi connectivity index (χ0) is 17.9. The molecule has 0 unspecified atom stereocenters. The minimum Gasteiger partial charge on any atom is -0.390 e. The number of hydrogen-bond donors (Lipinski definition) is 2. The third-order valence-corrected chi connectivity index (χ3v) is 6.20. The van der Waals surface area contributed by atoms with Gasteiger partial charge in [-0.15, -0.1) is 11.3 Å². The molecule has 2 aromatic rings. The minimum atomic E-state index is -0.679. The van der Waals surface area contributed by atoms with Gasteiger partial charge in [-0.25, -0.2) is 0 Å². The summed E-state index contributed by atoms with van der Waals surface area (Å²) in [6.07, 6.45) is 1.12. The normalized spacial score (nSPS) is 28.8. The van der Waals surface area contributed by atoms with Crippen LogP contribution in [0.2, 0.25) is 4.34 Å². The van der Waals surface area contributed by atoms with E-state index < -0.39 is 5.60 Å². The summed E-state index contributed by atoms with van der Waals surface area (Å²) >= 11 is 7.53. The highest BCUT2D eigenvalue weighted by Crippen LogP contribution is 2.36. The first-order chi connectivity index (χ1) is 11.7. The van der Waals surface area contributed by atoms with Gasteiger partial charge in [0.1, 0.15) is 5.69 Å². The van der Waals surface area contributed by atoms with Crippen LogP contribution in [0.3, 0.4) is 0 Å². The molecule has 2 aromatic heterocycles. The average Bonchev–Trinajstić information content (AvgIpc) is 2.98. The Morgan fingerprint density at radius 1 is 1.48 bits per heavy atom. The largest absolute Gasteiger partial charge is 0.390 e. The van der Waals surface area contributed by atoms with Gasteiger partial charge in [0.05, 0.1) is 26.7 Å². The molecule has 0 aromatic carbocycles. The van der Waals surface area contributed by atoms with E-state index in [1.165, 1.54) is 11.3 Å². The molecule has 1 atom stereocenters. The first-order valence-electron chi connectivity index (χ1n) is 8.35. The molecule has 8 heteroatoms. The molecule has 2 N–H and O–H groups in total. The summed E-state index contributed by atoms with van der Waals surface area (Å²) in [5.74, 6) is -0.306. The van der Waals surface area contributed by atoms with E-state index in [1.54, 1.807) is 11.8 Å². The predicted octanol–water partition coefficient (Wildman–Crippen LogP) is 2.40. The Labute approximate surface area is 154 Å². The van der Waals surface area contributed by atoms with E-state index >= 15 is 0 Å². The Kier molecular flexibility index (Phi) is 3.86. The van der Waals surface area contributed by atoms with Gasteiger partial charge in [-0.05, 0) is 38.8 Å². The van der Waals surface area contributed by atoms with E-state index in [9.17, 15) is 14.7 Å². The van der Waals surface area contributed by atoms with E-state index in [2.05, 4.69) is 5.32 Å². The van der Waals surface area contributed by atoms with Crippen molar-refractivity contribution in [3.63, 3.8) is 0 Å². The van der Waals surface area contributed by atoms with Gasteiger partial charge in [-0.1, -0.05) is 11.6 Å². The maximum Gasteiger partial charge on any atom is 0.271 e. The Bertz CT molecular complexity index is 864. The number of rotatable bonds is 3. The monoisotopic (exact) mass is 381 g/mol. The molecule has 0 saturated heterocycles. The fourth-order valence-corrected chi connectivity index (χ4v) is 5.12. The first-order valence-corrected chi connectivity index (χ1v) is 9.54. The van der Waals surface area contributed by atoms with Gasteiger partial charge in [0.2, 0.25) is 5.91 Å². The number of amides is 2. The number of fused-ring (bicyclic) bond motifs is 3. The lowest BCUT2D eigenvalue weighted by molar-refractivity contribution is -0.125. The number of aliphatic hydroxyl groups is 1. The van der Waals surface area contributed by atoms with Crippen LogP contribution in [0, 0.1) is 0 Å². The Morgan fingerprint density at radius 3 is 2.88 bits per heavy atom. The predicted molar refractivity (Wildman–Crippen MR) is 97.2 cm³/mol. The molecular weight excluding hydrogens is 362 g/mol. The lowest BCUT2D eigenvalue weighted by atomic mass is 9.77. The van der Waals surface area contributed by atoms with Gasteiger partial charge in [0, 0.05) is 18.6 Å². The molecule has 1 saturated carbocycles. The second-order valence-electron chi connectivity index (χ2n) is 7.40. The van der Waals surface area contributed by atoms with E-state index in [-0.39, 0.29) is 30.4 Å². The molecule has 25 heavy (non-hydrogen) atoms. The summed E-state index contributed by atoms with van der Waals surface area (Å²) in [5, 5.41) is 12.6. The third kappa shape index (κ3) is 2.94. The SMILES string of the molecule is C[C@@H]1CN(CC(=O)N[C@H]2C[C@@](C)(O)C2)C(=O)c2cc3sc(Cl)cc3n21.